The Morgan fingerprint density at radius 1 is 0.969 bits per heavy atom. The fraction of sp³-hybridized carbons (Fsp3) is 0.296. The first-order chi connectivity index (χ1) is 15.6. The fourth-order valence-electron chi connectivity index (χ4n) is 3.81. The molecule has 0 fully saturated rings. The predicted molar refractivity (Wildman–Crippen MR) is 128 cm³/mol. The molecule has 5 nitrogen and oxygen atoms in total. The van der Waals surface area contributed by atoms with Crippen LogP contribution in [-0.4, -0.2) is 32.7 Å². The predicted octanol–water partition coefficient (Wildman–Crippen LogP) is 4.22. The number of hydrogen-bond donors (Lipinski definition) is 2. The molecule has 3 rings (SSSR count). The number of methoxy groups -OCH3 is 1. The second-order valence-corrected chi connectivity index (χ2v) is 7.82. The standard InChI is InChI=1S/C27H32N2O3/c1-20-7-6-10-23(17-20)24(22-8-4-3-5-9-22)13-15-29-27(30)19-21-11-12-25(32-16-14-28)26(18-21)31-2/h3-12,17-18,24H,13-16,19,28H2,1-2H3,(H,29,30). The van der Waals surface area contributed by atoms with Crippen LogP contribution in [0.1, 0.15) is 34.6 Å². The Morgan fingerprint density at radius 3 is 2.47 bits per heavy atom. The van der Waals surface area contributed by atoms with Gasteiger partial charge in [-0.15, -0.1) is 0 Å². The molecule has 168 valence electrons. The van der Waals surface area contributed by atoms with Crippen molar-refractivity contribution in [2.45, 2.75) is 25.7 Å². The summed E-state index contributed by atoms with van der Waals surface area (Å²) in [5.74, 6) is 1.45. The molecule has 3 aromatic rings. The van der Waals surface area contributed by atoms with Crippen molar-refractivity contribution in [3.05, 3.63) is 95.1 Å². The largest absolute Gasteiger partial charge is 0.493 e. The van der Waals surface area contributed by atoms with Gasteiger partial charge in [0.15, 0.2) is 11.5 Å². The van der Waals surface area contributed by atoms with E-state index >= 15 is 0 Å². The van der Waals surface area contributed by atoms with Crippen LogP contribution in [0.15, 0.2) is 72.8 Å². The van der Waals surface area contributed by atoms with E-state index in [-0.39, 0.29) is 18.2 Å². The molecule has 3 N–H and O–H groups in total. The minimum atomic E-state index is -0.0151. The summed E-state index contributed by atoms with van der Waals surface area (Å²) in [6, 6.07) is 24.6. The average molecular weight is 433 g/mol. The Bertz CT molecular complexity index is 1000. The smallest absolute Gasteiger partial charge is 0.224 e. The van der Waals surface area contributed by atoms with Gasteiger partial charge in [0.2, 0.25) is 5.91 Å². The zero-order valence-corrected chi connectivity index (χ0v) is 18.8. The lowest BCUT2D eigenvalue weighted by molar-refractivity contribution is -0.120. The molecule has 3 aromatic carbocycles. The normalized spacial score (nSPS) is 11.6. The van der Waals surface area contributed by atoms with Crippen LogP contribution in [-0.2, 0) is 11.2 Å². The Hall–Kier alpha value is -3.31. The minimum absolute atomic E-state index is 0.0151. The van der Waals surface area contributed by atoms with Crippen LogP contribution in [0, 0.1) is 6.92 Å². The Morgan fingerprint density at radius 2 is 1.75 bits per heavy atom. The van der Waals surface area contributed by atoms with E-state index in [0.29, 0.717) is 31.2 Å². The number of hydrogen-bond acceptors (Lipinski definition) is 4. The highest BCUT2D eigenvalue weighted by atomic mass is 16.5. The number of ether oxygens (including phenoxy) is 2. The molecule has 1 atom stereocenters. The summed E-state index contributed by atoms with van der Waals surface area (Å²) in [7, 11) is 1.59. The Kier molecular flexibility index (Phi) is 8.70. The third-order valence-corrected chi connectivity index (χ3v) is 5.37. The van der Waals surface area contributed by atoms with E-state index in [2.05, 4.69) is 60.8 Å². The van der Waals surface area contributed by atoms with E-state index in [4.69, 9.17) is 15.2 Å². The minimum Gasteiger partial charge on any atom is -0.493 e. The molecule has 0 aliphatic rings. The summed E-state index contributed by atoms with van der Waals surface area (Å²) in [4.78, 5) is 12.6. The molecular weight excluding hydrogens is 400 g/mol. The highest BCUT2D eigenvalue weighted by Gasteiger charge is 2.15. The number of carbonyl (C=O) groups is 1. The lowest BCUT2D eigenvalue weighted by atomic mass is 9.88. The topological polar surface area (TPSA) is 73.6 Å². The Balaban J connectivity index is 1.61. The first-order valence-corrected chi connectivity index (χ1v) is 11.0. The number of amides is 1. The highest BCUT2D eigenvalue weighted by Crippen LogP contribution is 2.29. The number of nitrogens with one attached hydrogen (secondary N) is 1. The van der Waals surface area contributed by atoms with Gasteiger partial charge in [0.05, 0.1) is 13.5 Å². The summed E-state index contributed by atoms with van der Waals surface area (Å²) in [5.41, 5.74) is 10.1. The number of nitrogens with two attached hydrogens (primary N) is 1. The molecular formula is C27H32N2O3. The third kappa shape index (κ3) is 6.59. The first kappa shape index (κ1) is 23.4. The molecule has 0 radical (unpaired) electrons. The molecule has 1 amide bonds. The van der Waals surface area contributed by atoms with Crippen LogP contribution in [0.4, 0.5) is 0 Å². The number of benzene rings is 3. The van der Waals surface area contributed by atoms with Crippen molar-refractivity contribution in [2.24, 2.45) is 5.73 Å². The molecule has 1 unspecified atom stereocenters. The summed E-state index contributed by atoms with van der Waals surface area (Å²) in [6.07, 6.45) is 1.11. The van der Waals surface area contributed by atoms with Crippen molar-refractivity contribution >= 4 is 5.91 Å². The second-order valence-electron chi connectivity index (χ2n) is 7.82. The molecule has 0 aromatic heterocycles. The molecule has 0 spiro atoms. The van der Waals surface area contributed by atoms with Crippen molar-refractivity contribution in [2.75, 3.05) is 26.8 Å². The van der Waals surface area contributed by atoms with Crippen molar-refractivity contribution in [3.63, 3.8) is 0 Å². The lowest BCUT2D eigenvalue weighted by Gasteiger charge is -2.19. The summed E-state index contributed by atoms with van der Waals surface area (Å²) < 4.78 is 11.0. The van der Waals surface area contributed by atoms with Crippen molar-refractivity contribution in [1.29, 1.82) is 0 Å². The van der Waals surface area contributed by atoms with E-state index in [9.17, 15) is 4.79 Å². The van der Waals surface area contributed by atoms with Crippen molar-refractivity contribution in [3.8, 4) is 11.5 Å². The monoisotopic (exact) mass is 432 g/mol. The van der Waals surface area contributed by atoms with E-state index in [1.54, 1.807) is 7.11 Å². The van der Waals surface area contributed by atoms with Gasteiger partial charge in [-0.25, -0.2) is 0 Å². The van der Waals surface area contributed by atoms with Crippen LogP contribution >= 0.6 is 0 Å². The van der Waals surface area contributed by atoms with Crippen LogP contribution < -0.4 is 20.5 Å². The van der Waals surface area contributed by atoms with Gasteiger partial charge in [-0.3, -0.25) is 4.79 Å². The van der Waals surface area contributed by atoms with Gasteiger partial charge in [-0.05, 0) is 42.2 Å². The third-order valence-electron chi connectivity index (χ3n) is 5.37. The van der Waals surface area contributed by atoms with Crippen molar-refractivity contribution < 1.29 is 14.3 Å². The van der Waals surface area contributed by atoms with Gasteiger partial charge < -0.3 is 20.5 Å². The molecule has 5 heteroatoms. The van der Waals surface area contributed by atoms with Crippen molar-refractivity contribution in [1.82, 2.24) is 5.32 Å². The first-order valence-electron chi connectivity index (χ1n) is 11.0. The van der Waals surface area contributed by atoms with Gasteiger partial charge >= 0.3 is 0 Å². The average Bonchev–Trinajstić information content (AvgIpc) is 2.81. The van der Waals surface area contributed by atoms with Crippen LogP contribution in [0.2, 0.25) is 0 Å². The Labute approximate surface area is 190 Å². The highest BCUT2D eigenvalue weighted by molar-refractivity contribution is 5.78. The molecule has 0 heterocycles. The maximum atomic E-state index is 12.6. The fourth-order valence-corrected chi connectivity index (χ4v) is 3.81. The molecule has 0 saturated carbocycles. The van der Waals surface area contributed by atoms with E-state index < -0.39 is 0 Å². The zero-order valence-electron chi connectivity index (χ0n) is 18.8. The van der Waals surface area contributed by atoms with Crippen LogP contribution in [0.25, 0.3) is 0 Å². The second kappa shape index (κ2) is 11.9. The zero-order chi connectivity index (χ0) is 22.8. The number of aryl methyl sites for hydroxylation is 1. The molecule has 32 heavy (non-hydrogen) atoms. The van der Waals surface area contributed by atoms with E-state index in [1.165, 1.54) is 16.7 Å². The molecule has 0 saturated heterocycles. The number of rotatable bonds is 11. The van der Waals surface area contributed by atoms with E-state index in [0.717, 1.165) is 12.0 Å². The maximum Gasteiger partial charge on any atom is 0.224 e. The molecule has 0 aliphatic heterocycles. The summed E-state index contributed by atoms with van der Waals surface area (Å²) >= 11 is 0. The summed E-state index contributed by atoms with van der Waals surface area (Å²) in [5, 5.41) is 3.07. The van der Waals surface area contributed by atoms with Gasteiger partial charge in [-0.1, -0.05) is 66.2 Å². The number of carbonyl (C=O) groups excluding carboxylic acids is 1. The molecule has 0 bridgehead atoms. The molecule has 0 aliphatic carbocycles. The van der Waals surface area contributed by atoms with E-state index in [1.807, 2.05) is 24.3 Å². The van der Waals surface area contributed by atoms with Gasteiger partial charge in [0.25, 0.3) is 0 Å². The SMILES string of the molecule is COc1cc(CC(=O)NCCC(c2ccccc2)c2cccc(C)c2)ccc1OCCN. The van der Waals surface area contributed by atoms with Crippen LogP contribution in [0.3, 0.4) is 0 Å². The quantitative estimate of drug-likeness (QED) is 0.476. The van der Waals surface area contributed by atoms with Gasteiger partial charge in [0, 0.05) is 19.0 Å². The van der Waals surface area contributed by atoms with Crippen LogP contribution in [0.5, 0.6) is 11.5 Å². The summed E-state index contributed by atoms with van der Waals surface area (Å²) in [6.45, 7) is 3.55. The lowest BCUT2D eigenvalue weighted by Crippen LogP contribution is -2.27. The van der Waals surface area contributed by atoms with Gasteiger partial charge in [0.1, 0.15) is 6.61 Å². The maximum absolute atomic E-state index is 12.6. The van der Waals surface area contributed by atoms with Gasteiger partial charge in [-0.2, -0.15) is 0 Å².